The highest BCUT2D eigenvalue weighted by atomic mass is 35.5. The monoisotopic (exact) mass is 190 g/mol. The fourth-order valence-electron chi connectivity index (χ4n) is 0.762. The first-order valence-corrected chi connectivity index (χ1v) is 4.45. The summed E-state index contributed by atoms with van der Waals surface area (Å²) in [6, 6.07) is 0. The molecule has 0 bridgehead atoms. The molecular formula is C4H10B3ClO4. The predicted molar refractivity (Wildman–Crippen MR) is 49.2 cm³/mol. The molecule has 0 aromatic rings. The number of halogens is 1. The molecule has 0 spiro atoms. The van der Waals surface area contributed by atoms with Crippen molar-refractivity contribution in [3.63, 3.8) is 0 Å². The van der Waals surface area contributed by atoms with E-state index in [1.165, 1.54) is 0 Å². The Morgan fingerprint density at radius 2 is 2.00 bits per heavy atom. The smallest absolute Gasteiger partial charge is 0.458 e. The van der Waals surface area contributed by atoms with E-state index in [0.717, 1.165) is 12.8 Å². The van der Waals surface area contributed by atoms with Crippen molar-refractivity contribution in [3.05, 3.63) is 0 Å². The Morgan fingerprint density at radius 3 is 2.67 bits per heavy atom. The lowest BCUT2D eigenvalue weighted by Crippen LogP contribution is -2.37. The maximum absolute atomic E-state index is 5.48. The van der Waals surface area contributed by atoms with Gasteiger partial charge in [0.1, 0.15) is 0 Å². The van der Waals surface area contributed by atoms with E-state index >= 15 is 0 Å². The van der Waals surface area contributed by atoms with Gasteiger partial charge >= 0.3 is 22.7 Å². The van der Waals surface area contributed by atoms with Crippen molar-refractivity contribution in [2.24, 2.45) is 0 Å². The molecule has 1 fully saturated rings. The molecular weight excluding hydrogens is 180 g/mol. The fourth-order valence-corrected chi connectivity index (χ4v) is 0.951. The molecule has 4 nitrogen and oxygen atoms in total. The maximum Gasteiger partial charge on any atom is 0.611 e. The van der Waals surface area contributed by atoms with Crippen LogP contribution in [0.15, 0.2) is 0 Å². The van der Waals surface area contributed by atoms with Gasteiger partial charge in [-0.05, 0) is 12.8 Å². The number of alkyl halides is 1. The van der Waals surface area contributed by atoms with Crippen LogP contribution in [0.3, 0.4) is 0 Å². The molecule has 8 heteroatoms. The van der Waals surface area contributed by atoms with Crippen LogP contribution in [0.25, 0.3) is 0 Å². The predicted octanol–water partition coefficient (Wildman–Crippen LogP) is -0.397. The molecule has 0 aromatic heterocycles. The van der Waals surface area contributed by atoms with Crippen LogP contribution >= 0.6 is 11.6 Å². The molecule has 1 heterocycles. The van der Waals surface area contributed by atoms with Crippen LogP contribution in [0, 0.1) is 0 Å². The third-order valence-corrected chi connectivity index (χ3v) is 1.62. The minimum atomic E-state index is -0.561. The molecule has 0 aliphatic carbocycles. The van der Waals surface area contributed by atoms with Crippen molar-refractivity contribution in [2.45, 2.75) is 12.8 Å². The lowest BCUT2D eigenvalue weighted by Gasteiger charge is -2.18. The first kappa shape index (κ1) is 10.4. The zero-order valence-electron chi connectivity index (χ0n) is 6.83. The molecule has 1 aliphatic heterocycles. The lowest BCUT2D eigenvalue weighted by molar-refractivity contribution is 0.171. The lowest BCUT2D eigenvalue weighted by atomic mass is 10.1. The van der Waals surface area contributed by atoms with E-state index in [1.54, 1.807) is 0 Å². The molecule has 0 saturated carbocycles. The first-order chi connectivity index (χ1) is 5.93. The molecule has 66 valence electrons. The Morgan fingerprint density at radius 1 is 1.25 bits per heavy atom. The second-order valence-corrected chi connectivity index (χ2v) is 2.71. The van der Waals surface area contributed by atoms with Gasteiger partial charge in [-0.1, -0.05) is 0 Å². The summed E-state index contributed by atoms with van der Waals surface area (Å²) in [5.74, 6) is 0.666. The summed E-state index contributed by atoms with van der Waals surface area (Å²) in [6.45, 7) is 0.609. The van der Waals surface area contributed by atoms with Gasteiger partial charge in [0.05, 0.1) is 0 Å². The van der Waals surface area contributed by atoms with E-state index < -0.39 is 7.32 Å². The van der Waals surface area contributed by atoms with Gasteiger partial charge in [-0.3, -0.25) is 0 Å². The Bertz CT molecular complexity index is 112. The van der Waals surface area contributed by atoms with Crippen LogP contribution in [-0.4, -0.2) is 35.2 Å². The molecule has 0 atom stereocenters. The van der Waals surface area contributed by atoms with Crippen molar-refractivity contribution < 1.29 is 18.4 Å². The topological polar surface area (TPSA) is 36.9 Å². The van der Waals surface area contributed by atoms with Crippen LogP contribution in [0.2, 0.25) is 0 Å². The number of unbranched alkanes of at least 4 members (excludes halogenated alkanes) is 1. The summed E-state index contributed by atoms with van der Waals surface area (Å²) in [6.07, 6.45) is 1.87. The molecule has 0 radical (unpaired) electrons. The second kappa shape index (κ2) is 6.80. The SMILES string of the molecule is ClCCCCOB1OBOBO1. The molecule has 1 aliphatic rings. The van der Waals surface area contributed by atoms with Gasteiger partial charge in [0.2, 0.25) is 0 Å². The zero-order valence-corrected chi connectivity index (χ0v) is 7.59. The largest absolute Gasteiger partial charge is 0.611 e. The quantitative estimate of drug-likeness (QED) is 0.336. The van der Waals surface area contributed by atoms with E-state index in [9.17, 15) is 0 Å². The van der Waals surface area contributed by atoms with Gasteiger partial charge in [0, 0.05) is 12.5 Å². The summed E-state index contributed by atoms with van der Waals surface area (Å²) in [7, 11) is -0.0885. The van der Waals surface area contributed by atoms with Crippen LogP contribution < -0.4 is 0 Å². The molecule has 1 rings (SSSR count). The highest BCUT2D eigenvalue weighted by Gasteiger charge is 2.25. The Kier molecular flexibility index (Phi) is 5.90. The highest BCUT2D eigenvalue weighted by molar-refractivity contribution is 6.57. The Balaban J connectivity index is 1.91. The third-order valence-electron chi connectivity index (χ3n) is 1.36. The van der Waals surface area contributed by atoms with E-state index in [1.807, 2.05) is 0 Å². The van der Waals surface area contributed by atoms with Crippen LogP contribution in [0.5, 0.6) is 0 Å². The molecule has 0 amide bonds. The number of hydrogen-bond acceptors (Lipinski definition) is 4. The van der Waals surface area contributed by atoms with Crippen molar-refractivity contribution in [3.8, 4) is 0 Å². The molecule has 12 heavy (non-hydrogen) atoms. The van der Waals surface area contributed by atoms with E-state index in [2.05, 4.69) is 0 Å². The number of rotatable bonds is 5. The normalized spacial score (nSPS) is 16.9. The van der Waals surface area contributed by atoms with Crippen LogP contribution in [0.1, 0.15) is 12.8 Å². The standard InChI is InChI=1S/C4H10B3ClO4/c8-3-1-2-4-9-7-11-5-10-6-12-7/h5-6H,1-4H2. The first-order valence-electron chi connectivity index (χ1n) is 3.92. The third kappa shape index (κ3) is 4.38. The van der Waals surface area contributed by atoms with Gasteiger partial charge in [0.15, 0.2) is 0 Å². The maximum atomic E-state index is 5.48. The van der Waals surface area contributed by atoms with Crippen LogP contribution in [0.4, 0.5) is 0 Å². The number of hydrogen-bond donors (Lipinski definition) is 0. The van der Waals surface area contributed by atoms with Crippen molar-refractivity contribution in [1.29, 1.82) is 0 Å². The highest BCUT2D eigenvalue weighted by Crippen LogP contribution is 1.99. The summed E-state index contributed by atoms with van der Waals surface area (Å²) < 4.78 is 19.9. The Labute approximate surface area is 78.6 Å². The average molecular weight is 190 g/mol. The van der Waals surface area contributed by atoms with E-state index in [4.69, 9.17) is 30.0 Å². The van der Waals surface area contributed by atoms with Gasteiger partial charge in [-0.25, -0.2) is 0 Å². The van der Waals surface area contributed by atoms with Gasteiger partial charge in [0.25, 0.3) is 0 Å². The van der Waals surface area contributed by atoms with Gasteiger partial charge in [-0.2, -0.15) is 0 Å². The van der Waals surface area contributed by atoms with E-state index in [-0.39, 0.29) is 15.4 Å². The average Bonchev–Trinajstić information content (AvgIpc) is 2.14. The minimum Gasteiger partial charge on any atom is -0.458 e. The zero-order chi connectivity index (χ0) is 8.65. The second-order valence-electron chi connectivity index (χ2n) is 2.33. The summed E-state index contributed by atoms with van der Waals surface area (Å²) >= 11 is 5.48. The van der Waals surface area contributed by atoms with Crippen molar-refractivity contribution in [2.75, 3.05) is 12.5 Å². The van der Waals surface area contributed by atoms with Gasteiger partial charge < -0.3 is 18.4 Å². The molecule has 0 N–H and O–H groups in total. The minimum absolute atomic E-state index is 0.236. The summed E-state index contributed by atoms with van der Waals surface area (Å²) in [5, 5.41) is 0. The molecule has 0 unspecified atom stereocenters. The van der Waals surface area contributed by atoms with Crippen molar-refractivity contribution >= 4 is 34.3 Å². The molecule has 0 aromatic carbocycles. The van der Waals surface area contributed by atoms with E-state index in [0.29, 0.717) is 12.5 Å². The van der Waals surface area contributed by atoms with Gasteiger partial charge in [-0.15, -0.1) is 11.6 Å². The Hall–Kier alpha value is 0.325. The summed E-state index contributed by atoms with van der Waals surface area (Å²) in [5.41, 5.74) is 0. The van der Waals surface area contributed by atoms with Crippen LogP contribution in [-0.2, 0) is 18.4 Å². The fraction of sp³-hybridized carbons (Fsp3) is 1.00. The van der Waals surface area contributed by atoms with Crippen molar-refractivity contribution in [1.82, 2.24) is 0 Å². The molecule has 1 saturated heterocycles. The summed E-state index contributed by atoms with van der Waals surface area (Å²) in [4.78, 5) is 0.